The largest absolute Gasteiger partial charge is 0.466 e. The third-order valence-corrected chi connectivity index (χ3v) is 5.03. The number of nitrogens with one attached hydrogen (secondary N) is 1. The molecule has 1 aliphatic carbocycles. The summed E-state index contributed by atoms with van der Waals surface area (Å²) in [4.78, 5) is 14.2. The molecule has 0 radical (unpaired) electrons. The van der Waals surface area contributed by atoms with Crippen molar-refractivity contribution in [3.63, 3.8) is 0 Å². The van der Waals surface area contributed by atoms with Crippen molar-refractivity contribution in [2.24, 2.45) is 5.92 Å². The Bertz CT molecular complexity index is 314. The van der Waals surface area contributed by atoms with Gasteiger partial charge in [0, 0.05) is 18.1 Å². The maximum absolute atomic E-state index is 11.7. The van der Waals surface area contributed by atoms with Crippen LogP contribution in [-0.2, 0) is 9.53 Å². The van der Waals surface area contributed by atoms with Crippen LogP contribution in [-0.4, -0.2) is 49.2 Å². The molecule has 1 aliphatic heterocycles. The first-order valence-corrected chi connectivity index (χ1v) is 8.23. The van der Waals surface area contributed by atoms with Crippen LogP contribution in [0.5, 0.6) is 0 Å². The molecule has 4 heteroatoms. The summed E-state index contributed by atoms with van der Waals surface area (Å²) in [5, 5.41) is 3.82. The Labute approximate surface area is 123 Å². The van der Waals surface area contributed by atoms with Crippen molar-refractivity contribution < 1.29 is 9.53 Å². The summed E-state index contributed by atoms with van der Waals surface area (Å²) in [5.41, 5.74) is 0. The molecule has 0 bridgehead atoms. The second-order valence-corrected chi connectivity index (χ2v) is 6.52. The summed E-state index contributed by atoms with van der Waals surface area (Å²) in [6.45, 7) is 5.89. The maximum Gasteiger partial charge on any atom is 0.308 e. The zero-order valence-electron chi connectivity index (χ0n) is 13.2. The van der Waals surface area contributed by atoms with Gasteiger partial charge >= 0.3 is 5.97 Å². The number of esters is 1. The van der Waals surface area contributed by atoms with Gasteiger partial charge in [0.15, 0.2) is 0 Å². The third kappa shape index (κ3) is 4.19. The van der Waals surface area contributed by atoms with E-state index in [-0.39, 0.29) is 11.9 Å². The Morgan fingerprint density at radius 1 is 1.20 bits per heavy atom. The average molecular weight is 282 g/mol. The lowest BCUT2D eigenvalue weighted by Gasteiger charge is -2.38. The SMILES string of the molecule is CCOC(=O)C1CCC(NC2CCN(C)C(C)C2)CC1. The Balaban J connectivity index is 1.70. The predicted molar refractivity (Wildman–Crippen MR) is 80.6 cm³/mol. The summed E-state index contributed by atoms with van der Waals surface area (Å²) in [7, 11) is 2.21. The molecule has 2 aliphatic rings. The minimum Gasteiger partial charge on any atom is -0.466 e. The molecule has 2 fully saturated rings. The van der Waals surface area contributed by atoms with Crippen molar-refractivity contribution in [2.75, 3.05) is 20.2 Å². The molecule has 1 saturated carbocycles. The van der Waals surface area contributed by atoms with Gasteiger partial charge in [0.05, 0.1) is 12.5 Å². The summed E-state index contributed by atoms with van der Waals surface area (Å²) in [6, 6.07) is 1.93. The monoisotopic (exact) mass is 282 g/mol. The molecular formula is C16H30N2O2. The van der Waals surface area contributed by atoms with Crippen LogP contribution in [0.1, 0.15) is 52.4 Å². The van der Waals surface area contributed by atoms with E-state index >= 15 is 0 Å². The third-order valence-electron chi connectivity index (χ3n) is 5.03. The smallest absolute Gasteiger partial charge is 0.308 e. The Hall–Kier alpha value is -0.610. The van der Waals surface area contributed by atoms with Crippen LogP contribution in [0.25, 0.3) is 0 Å². The van der Waals surface area contributed by atoms with Crippen LogP contribution in [0, 0.1) is 5.92 Å². The van der Waals surface area contributed by atoms with Crippen molar-refractivity contribution in [3.05, 3.63) is 0 Å². The normalized spacial score (nSPS) is 35.8. The molecule has 4 nitrogen and oxygen atoms in total. The summed E-state index contributed by atoms with van der Waals surface area (Å²) in [6.07, 6.45) is 6.69. The van der Waals surface area contributed by atoms with Crippen molar-refractivity contribution in [2.45, 2.75) is 70.5 Å². The molecule has 1 saturated heterocycles. The van der Waals surface area contributed by atoms with E-state index in [0.717, 1.165) is 25.7 Å². The molecule has 1 heterocycles. The van der Waals surface area contributed by atoms with Gasteiger partial charge in [0.1, 0.15) is 0 Å². The Morgan fingerprint density at radius 2 is 1.90 bits per heavy atom. The fraction of sp³-hybridized carbons (Fsp3) is 0.938. The molecule has 0 spiro atoms. The van der Waals surface area contributed by atoms with Gasteiger partial charge in [-0.1, -0.05) is 0 Å². The molecular weight excluding hydrogens is 252 g/mol. The fourth-order valence-corrected chi connectivity index (χ4v) is 3.53. The highest BCUT2D eigenvalue weighted by atomic mass is 16.5. The van der Waals surface area contributed by atoms with E-state index < -0.39 is 0 Å². The molecule has 116 valence electrons. The molecule has 1 N–H and O–H groups in total. The lowest BCUT2D eigenvalue weighted by molar-refractivity contribution is -0.149. The molecule has 0 amide bonds. The fourth-order valence-electron chi connectivity index (χ4n) is 3.53. The van der Waals surface area contributed by atoms with E-state index in [0.29, 0.717) is 24.7 Å². The molecule has 0 aromatic rings. The standard InChI is InChI=1S/C16H30N2O2/c1-4-20-16(19)13-5-7-14(8-6-13)17-15-9-10-18(3)12(2)11-15/h12-15,17H,4-11H2,1-3H3. The second-order valence-electron chi connectivity index (χ2n) is 6.52. The average Bonchev–Trinajstić information content (AvgIpc) is 2.44. The zero-order chi connectivity index (χ0) is 14.5. The number of nitrogens with zero attached hydrogens (tertiary/aromatic N) is 1. The van der Waals surface area contributed by atoms with Crippen LogP contribution in [0.15, 0.2) is 0 Å². The summed E-state index contributed by atoms with van der Waals surface area (Å²) < 4.78 is 5.13. The van der Waals surface area contributed by atoms with E-state index in [2.05, 4.69) is 24.2 Å². The highest BCUT2D eigenvalue weighted by Crippen LogP contribution is 2.27. The molecule has 2 atom stereocenters. The van der Waals surface area contributed by atoms with Gasteiger partial charge in [-0.15, -0.1) is 0 Å². The zero-order valence-corrected chi connectivity index (χ0v) is 13.2. The van der Waals surface area contributed by atoms with E-state index in [4.69, 9.17) is 4.74 Å². The van der Waals surface area contributed by atoms with E-state index in [1.54, 1.807) is 0 Å². The number of ether oxygens (including phenoxy) is 1. The number of carbonyl (C=O) groups excluding carboxylic acids is 1. The van der Waals surface area contributed by atoms with Crippen molar-refractivity contribution in [1.29, 1.82) is 0 Å². The van der Waals surface area contributed by atoms with E-state index in [1.165, 1.54) is 19.4 Å². The van der Waals surface area contributed by atoms with Gasteiger partial charge < -0.3 is 15.0 Å². The highest BCUT2D eigenvalue weighted by molar-refractivity contribution is 5.72. The number of hydrogen-bond acceptors (Lipinski definition) is 4. The number of rotatable bonds is 4. The van der Waals surface area contributed by atoms with Gasteiger partial charge in [-0.25, -0.2) is 0 Å². The molecule has 2 unspecified atom stereocenters. The molecule has 2 rings (SSSR count). The Morgan fingerprint density at radius 3 is 2.50 bits per heavy atom. The lowest BCUT2D eigenvalue weighted by Crippen LogP contribution is -2.49. The second kappa shape index (κ2) is 7.41. The maximum atomic E-state index is 11.7. The number of piperidine rings is 1. The minimum atomic E-state index is 0.0128. The minimum absolute atomic E-state index is 0.0128. The molecule has 0 aromatic heterocycles. The summed E-state index contributed by atoms with van der Waals surface area (Å²) in [5.74, 6) is 0.156. The molecule has 20 heavy (non-hydrogen) atoms. The van der Waals surface area contributed by atoms with Gasteiger partial charge in [0.25, 0.3) is 0 Å². The lowest BCUT2D eigenvalue weighted by atomic mass is 9.85. The first-order valence-electron chi connectivity index (χ1n) is 8.23. The van der Waals surface area contributed by atoms with E-state index in [9.17, 15) is 4.79 Å². The Kier molecular flexibility index (Phi) is 5.85. The number of carbonyl (C=O) groups is 1. The summed E-state index contributed by atoms with van der Waals surface area (Å²) >= 11 is 0. The van der Waals surface area contributed by atoms with Crippen molar-refractivity contribution in [3.8, 4) is 0 Å². The number of hydrogen-bond donors (Lipinski definition) is 1. The van der Waals surface area contributed by atoms with Crippen LogP contribution >= 0.6 is 0 Å². The highest BCUT2D eigenvalue weighted by Gasteiger charge is 2.30. The van der Waals surface area contributed by atoms with Crippen molar-refractivity contribution in [1.82, 2.24) is 10.2 Å². The first-order chi connectivity index (χ1) is 9.60. The van der Waals surface area contributed by atoms with Gasteiger partial charge in [0.2, 0.25) is 0 Å². The van der Waals surface area contributed by atoms with Gasteiger partial charge in [-0.2, -0.15) is 0 Å². The topological polar surface area (TPSA) is 41.6 Å². The van der Waals surface area contributed by atoms with Crippen LogP contribution in [0.4, 0.5) is 0 Å². The quantitative estimate of drug-likeness (QED) is 0.803. The van der Waals surface area contributed by atoms with Crippen LogP contribution < -0.4 is 5.32 Å². The van der Waals surface area contributed by atoms with Gasteiger partial charge in [-0.05, 0) is 66.0 Å². The predicted octanol–water partition coefficient (Wildman–Crippen LogP) is 2.18. The van der Waals surface area contributed by atoms with Crippen LogP contribution in [0.3, 0.4) is 0 Å². The van der Waals surface area contributed by atoms with Gasteiger partial charge in [-0.3, -0.25) is 4.79 Å². The molecule has 0 aromatic carbocycles. The van der Waals surface area contributed by atoms with Crippen molar-refractivity contribution >= 4 is 5.97 Å². The number of likely N-dealkylation sites (tertiary alicyclic amines) is 1. The first kappa shape index (κ1) is 15.8. The van der Waals surface area contributed by atoms with Crippen LogP contribution in [0.2, 0.25) is 0 Å². The van der Waals surface area contributed by atoms with E-state index in [1.807, 2.05) is 6.92 Å².